The average molecular weight is 211 g/mol. The molecule has 0 aromatic heterocycles. The van der Waals surface area contributed by atoms with Crippen molar-refractivity contribution in [1.82, 2.24) is 5.32 Å². The molecule has 1 saturated heterocycles. The van der Waals surface area contributed by atoms with E-state index >= 15 is 0 Å². The quantitative estimate of drug-likeness (QED) is 0.701. The normalized spacial score (nSPS) is 22.9. The first-order chi connectivity index (χ1) is 7.27. The minimum Gasteiger partial charge on any atom is -0.316 e. The Morgan fingerprint density at radius 3 is 2.80 bits per heavy atom. The lowest BCUT2D eigenvalue weighted by Gasteiger charge is -2.15. The summed E-state index contributed by atoms with van der Waals surface area (Å²) in [5.74, 6) is 1.46. The number of ketones is 1. The van der Waals surface area contributed by atoms with Crippen molar-refractivity contribution in [3.05, 3.63) is 0 Å². The van der Waals surface area contributed by atoms with Gasteiger partial charge in [0.15, 0.2) is 0 Å². The maximum Gasteiger partial charge on any atom is 0.137 e. The molecule has 2 unspecified atom stereocenters. The van der Waals surface area contributed by atoms with Gasteiger partial charge in [-0.3, -0.25) is 4.79 Å². The van der Waals surface area contributed by atoms with Crippen LogP contribution in [0.5, 0.6) is 0 Å². The zero-order valence-electron chi connectivity index (χ0n) is 10.2. The summed E-state index contributed by atoms with van der Waals surface area (Å²) in [6.45, 7) is 6.38. The molecule has 0 aliphatic carbocycles. The second-order valence-corrected chi connectivity index (χ2v) is 4.78. The van der Waals surface area contributed by atoms with Gasteiger partial charge in [0, 0.05) is 18.9 Å². The first-order valence-electron chi connectivity index (χ1n) is 6.51. The Bertz CT molecular complexity index is 185. The van der Waals surface area contributed by atoms with E-state index in [9.17, 15) is 4.79 Å². The lowest BCUT2D eigenvalue weighted by atomic mass is 9.89. The third-order valence-electron chi connectivity index (χ3n) is 3.55. The van der Waals surface area contributed by atoms with Gasteiger partial charge in [0.2, 0.25) is 0 Å². The number of Topliss-reactive ketones (excluding diaryl/α,β-unsaturated/α-hetero) is 1. The molecule has 0 bridgehead atoms. The summed E-state index contributed by atoms with van der Waals surface area (Å²) in [7, 11) is 0. The summed E-state index contributed by atoms with van der Waals surface area (Å²) in [5.41, 5.74) is 0. The van der Waals surface area contributed by atoms with E-state index in [1.54, 1.807) is 0 Å². The Morgan fingerprint density at radius 2 is 2.27 bits per heavy atom. The van der Waals surface area contributed by atoms with Crippen LogP contribution in [0, 0.1) is 11.8 Å². The lowest BCUT2D eigenvalue weighted by Crippen LogP contribution is -2.20. The van der Waals surface area contributed by atoms with E-state index in [2.05, 4.69) is 19.2 Å². The van der Waals surface area contributed by atoms with Gasteiger partial charge in [-0.15, -0.1) is 0 Å². The van der Waals surface area contributed by atoms with Gasteiger partial charge >= 0.3 is 0 Å². The molecule has 0 saturated carbocycles. The average Bonchev–Trinajstić information content (AvgIpc) is 2.77. The number of carbonyl (C=O) groups is 1. The fourth-order valence-corrected chi connectivity index (χ4v) is 2.32. The molecule has 88 valence electrons. The van der Waals surface area contributed by atoms with E-state index in [1.807, 2.05) is 0 Å². The molecular weight excluding hydrogens is 186 g/mol. The Hall–Kier alpha value is -0.370. The van der Waals surface area contributed by atoms with Gasteiger partial charge in [0.1, 0.15) is 5.78 Å². The molecule has 0 aromatic carbocycles. The molecular formula is C13H25NO. The van der Waals surface area contributed by atoms with E-state index in [1.165, 1.54) is 19.3 Å². The fraction of sp³-hybridized carbons (Fsp3) is 0.923. The summed E-state index contributed by atoms with van der Waals surface area (Å²) < 4.78 is 0. The van der Waals surface area contributed by atoms with Crippen molar-refractivity contribution in [3.63, 3.8) is 0 Å². The van der Waals surface area contributed by atoms with Gasteiger partial charge < -0.3 is 5.32 Å². The maximum atomic E-state index is 11.9. The van der Waals surface area contributed by atoms with Gasteiger partial charge in [-0.25, -0.2) is 0 Å². The van der Waals surface area contributed by atoms with Gasteiger partial charge in [-0.1, -0.05) is 39.5 Å². The van der Waals surface area contributed by atoms with Crippen LogP contribution in [0.15, 0.2) is 0 Å². The second-order valence-electron chi connectivity index (χ2n) is 4.78. The zero-order chi connectivity index (χ0) is 11.1. The van der Waals surface area contributed by atoms with Crippen LogP contribution in [0.25, 0.3) is 0 Å². The van der Waals surface area contributed by atoms with Crippen molar-refractivity contribution in [3.8, 4) is 0 Å². The Morgan fingerprint density at radius 1 is 1.47 bits per heavy atom. The molecule has 2 nitrogen and oxygen atoms in total. The lowest BCUT2D eigenvalue weighted by molar-refractivity contribution is -0.123. The van der Waals surface area contributed by atoms with Crippen molar-refractivity contribution < 1.29 is 4.79 Å². The minimum absolute atomic E-state index is 0.320. The molecule has 1 fully saturated rings. The van der Waals surface area contributed by atoms with Crippen molar-refractivity contribution in [2.45, 2.75) is 52.4 Å². The summed E-state index contributed by atoms with van der Waals surface area (Å²) in [6, 6.07) is 0. The van der Waals surface area contributed by atoms with E-state index in [0.29, 0.717) is 17.6 Å². The number of hydrogen-bond acceptors (Lipinski definition) is 2. The number of carbonyl (C=O) groups excluding carboxylic acids is 1. The number of unbranched alkanes of at least 4 members (excludes halogenated alkanes) is 1. The molecule has 1 aliphatic heterocycles. The topological polar surface area (TPSA) is 29.1 Å². The summed E-state index contributed by atoms with van der Waals surface area (Å²) in [4.78, 5) is 11.9. The molecule has 0 amide bonds. The van der Waals surface area contributed by atoms with Crippen LogP contribution in [-0.2, 0) is 4.79 Å². The summed E-state index contributed by atoms with van der Waals surface area (Å²) in [5, 5.41) is 3.27. The Labute approximate surface area is 93.8 Å². The SMILES string of the molecule is CCCCC(CC)CC(=O)C1CCNC1. The molecule has 1 aliphatic rings. The number of nitrogens with one attached hydrogen (secondary N) is 1. The molecule has 0 spiro atoms. The molecule has 0 radical (unpaired) electrons. The number of hydrogen-bond donors (Lipinski definition) is 1. The highest BCUT2D eigenvalue weighted by atomic mass is 16.1. The van der Waals surface area contributed by atoms with E-state index in [-0.39, 0.29) is 0 Å². The van der Waals surface area contributed by atoms with Crippen molar-refractivity contribution in [1.29, 1.82) is 0 Å². The summed E-state index contributed by atoms with van der Waals surface area (Å²) >= 11 is 0. The smallest absolute Gasteiger partial charge is 0.137 e. The molecule has 2 heteroatoms. The van der Waals surface area contributed by atoms with Gasteiger partial charge in [0.05, 0.1) is 0 Å². The second kappa shape index (κ2) is 7.00. The van der Waals surface area contributed by atoms with E-state index < -0.39 is 0 Å². The predicted octanol–water partition coefficient (Wildman–Crippen LogP) is 2.77. The summed E-state index contributed by atoms with van der Waals surface area (Å²) in [6.07, 6.45) is 6.79. The monoisotopic (exact) mass is 211 g/mol. The van der Waals surface area contributed by atoms with Gasteiger partial charge in [-0.2, -0.15) is 0 Å². The standard InChI is InChI=1S/C13H25NO/c1-3-5-6-11(4-2)9-13(15)12-7-8-14-10-12/h11-12,14H,3-10H2,1-2H3. The van der Waals surface area contributed by atoms with Crippen molar-refractivity contribution in [2.75, 3.05) is 13.1 Å². The Balaban J connectivity index is 2.26. The highest BCUT2D eigenvalue weighted by molar-refractivity contribution is 5.81. The third-order valence-corrected chi connectivity index (χ3v) is 3.55. The Kier molecular flexibility index (Phi) is 5.92. The van der Waals surface area contributed by atoms with Gasteiger partial charge in [0.25, 0.3) is 0 Å². The highest BCUT2D eigenvalue weighted by Crippen LogP contribution is 2.21. The highest BCUT2D eigenvalue weighted by Gasteiger charge is 2.23. The molecule has 2 atom stereocenters. The molecule has 0 aromatic rings. The first-order valence-corrected chi connectivity index (χ1v) is 6.51. The van der Waals surface area contributed by atoms with Gasteiger partial charge in [-0.05, 0) is 18.9 Å². The fourth-order valence-electron chi connectivity index (χ4n) is 2.32. The minimum atomic E-state index is 0.320. The molecule has 1 N–H and O–H groups in total. The predicted molar refractivity (Wildman–Crippen MR) is 63.9 cm³/mol. The third kappa shape index (κ3) is 4.33. The van der Waals surface area contributed by atoms with Crippen LogP contribution >= 0.6 is 0 Å². The number of rotatable bonds is 7. The van der Waals surface area contributed by atoms with Crippen LogP contribution in [0.1, 0.15) is 52.4 Å². The van der Waals surface area contributed by atoms with Crippen LogP contribution < -0.4 is 5.32 Å². The molecule has 15 heavy (non-hydrogen) atoms. The van der Waals surface area contributed by atoms with Crippen LogP contribution in [0.2, 0.25) is 0 Å². The van der Waals surface area contributed by atoms with Crippen LogP contribution in [0.3, 0.4) is 0 Å². The zero-order valence-corrected chi connectivity index (χ0v) is 10.2. The maximum absolute atomic E-state index is 11.9. The van der Waals surface area contributed by atoms with Crippen molar-refractivity contribution in [2.24, 2.45) is 11.8 Å². The first kappa shape index (κ1) is 12.7. The van der Waals surface area contributed by atoms with Crippen LogP contribution in [-0.4, -0.2) is 18.9 Å². The van der Waals surface area contributed by atoms with E-state index in [4.69, 9.17) is 0 Å². The molecule has 1 heterocycles. The molecule has 1 rings (SSSR count). The largest absolute Gasteiger partial charge is 0.316 e. The van der Waals surface area contributed by atoms with Crippen LogP contribution in [0.4, 0.5) is 0 Å². The van der Waals surface area contributed by atoms with Crippen molar-refractivity contribution >= 4 is 5.78 Å². The van der Waals surface area contributed by atoms with E-state index in [0.717, 1.165) is 32.4 Å².